The van der Waals surface area contributed by atoms with Crippen LogP contribution in [0.5, 0.6) is 0 Å². The fourth-order valence-corrected chi connectivity index (χ4v) is 6.28. The number of carbonyl (C=O) groups is 2. The van der Waals surface area contributed by atoms with Crippen molar-refractivity contribution < 1.29 is 18.0 Å². The molecule has 0 saturated heterocycles. The summed E-state index contributed by atoms with van der Waals surface area (Å²) in [7, 11) is -4.12. The highest BCUT2D eigenvalue weighted by Crippen LogP contribution is 2.25. The van der Waals surface area contributed by atoms with Gasteiger partial charge in [0.1, 0.15) is 12.6 Å². The second kappa shape index (κ2) is 14.8. The van der Waals surface area contributed by atoms with Crippen LogP contribution >= 0.6 is 0 Å². The first-order valence-corrected chi connectivity index (χ1v) is 16.4. The highest BCUT2D eigenvalue weighted by atomic mass is 32.2. The van der Waals surface area contributed by atoms with E-state index in [2.05, 4.69) is 5.32 Å². The Morgan fingerprint density at radius 2 is 1.30 bits per heavy atom. The van der Waals surface area contributed by atoms with Crippen LogP contribution < -0.4 is 9.62 Å². The van der Waals surface area contributed by atoms with Crippen LogP contribution in [-0.4, -0.2) is 43.8 Å². The van der Waals surface area contributed by atoms with Crippen LogP contribution in [0.4, 0.5) is 5.69 Å². The van der Waals surface area contributed by atoms with Crippen molar-refractivity contribution in [1.29, 1.82) is 0 Å². The number of nitrogens with zero attached hydrogens (tertiary/aromatic N) is 2. The van der Waals surface area contributed by atoms with Crippen LogP contribution in [0.3, 0.4) is 0 Å². The van der Waals surface area contributed by atoms with Crippen LogP contribution in [0.2, 0.25) is 0 Å². The normalized spacial score (nSPS) is 12.6. The average Bonchev–Trinajstić information content (AvgIpc) is 3.03. The Balaban J connectivity index is 1.79. The number of carbonyl (C=O) groups excluding carboxylic acids is 2. The first-order chi connectivity index (χ1) is 21.1. The smallest absolute Gasteiger partial charge is 0.264 e. The first kappa shape index (κ1) is 32.5. The summed E-state index contributed by atoms with van der Waals surface area (Å²) in [6, 6.07) is 31.5. The SMILES string of the molecule is CCC(C)NC(=O)C(Cc1ccccc1)N(Cc1ccc(C)cc1)C(=O)CN(c1ccc(C)cc1)S(=O)(=O)c1ccccc1. The maximum atomic E-state index is 14.5. The topological polar surface area (TPSA) is 86.8 Å². The molecule has 230 valence electrons. The van der Waals surface area contributed by atoms with Gasteiger partial charge in [-0.2, -0.15) is 0 Å². The summed E-state index contributed by atoms with van der Waals surface area (Å²) in [4.78, 5) is 30.0. The van der Waals surface area contributed by atoms with Gasteiger partial charge in [0.25, 0.3) is 10.0 Å². The van der Waals surface area contributed by atoms with Crippen molar-refractivity contribution >= 4 is 27.5 Å². The zero-order chi connectivity index (χ0) is 31.7. The number of hydrogen-bond acceptors (Lipinski definition) is 4. The number of rotatable bonds is 13. The zero-order valence-electron chi connectivity index (χ0n) is 25.8. The summed E-state index contributed by atoms with van der Waals surface area (Å²) < 4.78 is 29.2. The third-order valence-electron chi connectivity index (χ3n) is 7.68. The summed E-state index contributed by atoms with van der Waals surface area (Å²) in [5, 5.41) is 3.06. The van der Waals surface area contributed by atoms with E-state index < -0.39 is 28.5 Å². The summed E-state index contributed by atoms with van der Waals surface area (Å²) >= 11 is 0. The Bertz CT molecular complexity index is 1620. The van der Waals surface area contributed by atoms with Crippen LogP contribution in [0.1, 0.15) is 42.5 Å². The molecule has 0 bridgehead atoms. The van der Waals surface area contributed by atoms with E-state index in [1.54, 1.807) is 30.3 Å². The molecule has 44 heavy (non-hydrogen) atoms. The molecule has 4 aromatic carbocycles. The molecule has 2 amide bonds. The molecule has 2 atom stereocenters. The van der Waals surface area contributed by atoms with Crippen molar-refractivity contribution in [2.75, 3.05) is 10.8 Å². The molecule has 0 heterocycles. The molecule has 0 spiro atoms. The van der Waals surface area contributed by atoms with Gasteiger partial charge in [0, 0.05) is 19.0 Å². The number of anilines is 1. The van der Waals surface area contributed by atoms with E-state index in [0.717, 1.165) is 33.0 Å². The Labute approximate surface area is 261 Å². The Kier molecular flexibility index (Phi) is 11.0. The molecule has 7 nitrogen and oxygen atoms in total. The minimum absolute atomic E-state index is 0.0776. The van der Waals surface area contributed by atoms with Gasteiger partial charge in [0.05, 0.1) is 10.6 Å². The van der Waals surface area contributed by atoms with Crippen LogP contribution in [-0.2, 0) is 32.6 Å². The number of amides is 2. The van der Waals surface area contributed by atoms with E-state index in [0.29, 0.717) is 5.69 Å². The fraction of sp³-hybridized carbons (Fsp3) is 0.278. The minimum Gasteiger partial charge on any atom is -0.352 e. The summed E-state index contributed by atoms with van der Waals surface area (Å²) in [5.74, 6) is -0.762. The Hall–Kier alpha value is -4.43. The molecule has 0 aliphatic rings. The number of nitrogens with one attached hydrogen (secondary N) is 1. The van der Waals surface area contributed by atoms with Crippen molar-refractivity contribution in [2.24, 2.45) is 0 Å². The van der Waals surface area contributed by atoms with E-state index in [9.17, 15) is 18.0 Å². The maximum Gasteiger partial charge on any atom is 0.264 e. The molecule has 0 aliphatic carbocycles. The van der Waals surface area contributed by atoms with Crippen molar-refractivity contribution in [2.45, 2.75) is 64.1 Å². The van der Waals surface area contributed by atoms with Crippen LogP contribution in [0.15, 0.2) is 114 Å². The molecular weight excluding hydrogens is 570 g/mol. The van der Waals surface area contributed by atoms with Crippen molar-refractivity contribution in [1.82, 2.24) is 10.2 Å². The summed E-state index contributed by atoms with van der Waals surface area (Å²) in [5.41, 5.74) is 4.13. The highest BCUT2D eigenvalue weighted by Gasteiger charge is 2.34. The third-order valence-corrected chi connectivity index (χ3v) is 9.47. The van der Waals surface area contributed by atoms with Gasteiger partial charge in [-0.3, -0.25) is 13.9 Å². The Morgan fingerprint density at radius 1 is 0.750 bits per heavy atom. The number of aryl methyl sites for hydroxylation is 2. The van der Waals surface area contributed by atoms with Gasteiger partial charge in [0.2, 0.25) is 11.8 Å². The van der Waals surface area contributed by atoms with E-state index in [4.69, 9.17) is 0 Å². The Morgan fingerprint density at radius 3 is 1.86 bits per heavy atom. The standard InChI is InChI=1S/C36H41N3O4S/c1-5-29(4)37-36(41)34(24-30-12-8-6-9-13-30)38(25-31-20-16-27(2)17-21-31)35(40)26-39(32-22-18-28(3)19-23-32)44(42,43)33-14-10-7-11-15-33/h6-23,29,34H,5,24-26H2,1-4H3,(H,37,41). The predicted octanol–water partition coefficient (Wildman–Crippen LogP) is 6.05. The lowest BCUT2D eigenvalue weighted by Crippen LogP contribution is -2.54. The largest absolute Gasteiger partial charge is 0.352 e. The number of benzene rings is 4. The first-order valence-electron chi connectivity index (χ1n) is 14.9. The third kappa shape index (κ3) is 8.35. The molecule has 4 rings (SSSR count). The average molecular weight is 612 g/mol. The lowest BCUT2D eigenvalue weighted by Gasteiger charge is -2.34. The molecule has 0 aliphatic heterocycles. The summed E-state index contributed by atoms with van der Waals surface area (Å²) in [6.07, 6.45) is 1.00. The van der Waals surface area contributed by atoms with E-state index in [-0.39, 0.29) is 29.8 Å². The van der Waals surface area contributed by atoms with Gasteiger partial charge in [-0.1, -0.05) is 103 Å². The molecule has 2 unspecified atom stereocenters. The highest BCUT2D eigenvalue weighted by molar-refractivity contribution is 7.92. The molecule has 4 aromatic rings. The molecule has 0 aromatic heterocycles. The minimum atomic E-state index is -4.12. The fourth-order valence-electron chi connectivity index (χ4n) is 4.84. The van der Waals surface area contributed by atoms with Crippen LogP contribution in [0.25, 0.3) is 0 Å². The van der Waals surface area contributed by atoms with Crippen LogP contribution in [0, 0.1) is 13.8 Å². The lowest BCUT2D eigenvalue weighted by molar-refractivity contribution is -0.140. The van der Waals surface area contributed by atoms with E-state index >= 15 is 0 Å². The molecule has 1 N–H and O–H groups in total. The molecule has 0 radical (unpaired) electrons. The van der Waals surface area contributed by atoms with Crippen molar-refractivity contribution in [3.8, 4) is 0 Å². The molecule has 0 saturated carbocycles. The molecular formula is C36H41N3O4S. The second-order valence-corrected chi connectivity index (χ2v) is 13.1. The maximum absolute atomic E-state index is 14.5. The lowest BCUT2D eigenvalue weighted by atomic mass is 10.0. The number of hydrogen-bond donors (Lipinski definition) is 1. The second-order valence-electron chi connectivity index (χ2n) is 11.2. The van der Waals surface area contributed by atoms with Crippen molar-refractivity contribution in [3.05, 3.63) is 131 Å². The monoisotopic (exact) mass is 611 g/mol. The molecule has 0 fully saturated rings. The van der Waals surface area contributed by atoms with Gasteiger partial charge in [-0.25, -0.2) is 8.42 Å². The molecule has 8 heteroatoms. The number of sulfonamides is 1. The predicted molar refractivity (Wildman–Crippen MR) is 176 cm³/mol. The quantitative estimate of drug-likeness (QED) is 0.199. The van der Waals surface area contributed by atoms with E-state index in [1.807, 2.05) is 94.4 Å². The van der Waals surface area contributed by atoms with E-state index in [1.165, 1.54) is 17.0 Å². The van der Waals surface area contributed by atoms with Gasteiger partial charge >= 0.3 is 0 Å². The van der Waals surface area contributed by atoms with Gasteiger partial charge < -0.3 is 10.2 Å². The van der Waals surface area contributed by atoms with Gasteiger partial charge in [0.15, 0.2) is 0 Å². The summed E-state index contributed by atoms with van der Waals surface area (Å²) in [6.45, 7) is 7.47. The van der Waals surface area contributed by atoms with Gasteiger partial charge in [-0.15, -0.1) is 0 Å². The van der Waals surface area contributed by atoms with Gasteiger partial charge in [-0.05, 0) is 62.6 Å². The zero-order valence-corrected chi connectivity index (χ0v) is 26.6. The van der Waals surface area contributed by atoms with Crippen molar-refractivity contribution in [3.63, 3.8) is 0 Å².